The molecule has 1 N–H and O–H groups in total. The van der Waals surface area contributed by atoms with Gasteiger partial charge in [0.05, 0.1) is 17.8 Å². The molecule has 0 bridgehead atoms. The van der Waals surface area contributed by atoms with E-state index < -0.39 is 0 Å². The van der Waals surface area contributed by atoms with E-state index in [1.807, 2.05) is 24.7 Å². The monoisotopic (exact) mass is 417 g/mol. The molecule has 0 spiro atoms. The molecule has 0 amide bonds. The summed E-state index contributed by atoms with van der Waals surface area (Å²) < 4.78 is 2.51. The molecule has 5 nitrogen and oxygen atoms in total. The number of nitrogens with zero attached hydrogens (tertiary/aromatic N) is 4. The van der Waals surface area contributed by atoms with Gasteiger partial charge in [0.2, 0.25) is 0 Å². The first-order valence-corrected chi connectivity index (χ1v) is 11.3. The molecule has 3 aromatic heterocycles. The maximum atomic E-state index is 5.83. The third-order valence-corrected chi connectivity index (χ3v) is 6.74. The van der Waals surface area contributed by atoms with E-state index in [1.54, 1.807) is 0 Å². The highest BCUT2D eigenvalue weighted by atomic mass is 32.1. The Hall–Kier alpha value is -2.73. The summed E-state index contributed by atoms with van der Waals surface area (Å²) in [5, 5.41) is 4.36. The predicted octanol–water partition coefficient (Wildman–Crippen LogP) is 4.96. The molecule has 1 saturated heterocycles. The molecule has 30 heavy (non-hydrogen) atoms. The molecule has 1 aliphatic carbocycles. The summed E-state index contributed by atoms with van der Waals surface area (Å²) in [4.78, 5) is 11.2. The topological polar surface area (TPSA) is 46.0 Å². The number of nitrogens with one attached hydrogen (secondary N) is 1. The zero-order valence-electron chi connectivity index (χ0n) is 17.0. The van der Waals surface area contributed by atoms with Crippen LogP contribution in [0, 0.1) is 0 Å². The van der Waals surface area contributed by atoms with Crippen LogP contribution in [0.5, 0.6) is 0 Å². The van der Waals surface area contributed by atoms with E-state index in [0.29, 0.717) is 6.04 Å². The Kier molecular flexibility index (Phi) is 5.49. The van der Waals surface area contributed by atoms with Gasteiger partial charge in [-0.15, -0.1) is 0 Å². The lowest BCUT2D eigenvalue weighted by molar-refractivity contribution is 0.275. The number of aromatic nitrogens is 3. The lowest BCUT2D eigenvalue weighted by Crippen LogP contribution is -2.30. The number of hydrogen-bond acceptors (Lipinski definition) is 3. The highest BCUT2D eigenvalue weighted by Crippen LogP contribution is 2.41. The van der Waals surface area contributed by atoms with Crippen molar-refractivity contribution < 1.29 is 0 Å². The van der Waals surface area contributed by atoms with Crippen molar-refractivity contribution in [3.05, 3.63) is 84.2 Å². The zero-order chi connectivity index (χ0) is 20.3. The highest BCUT2D eigenvalue weighted by molar-refractivity contribution is 7.80. The summed E-state index contributed by atoms with van der Waals surface area (Å²) in [5.74, 6) is 0. The number of hydrogen-bond donors (Lipinski definition) is 1. The molecule has 1 saturated carbocycles. The van der Waals surface area contributed by atoms with Crippen molar-refractivity contribution in [3.63, 3.8) is 0 Å². The largest absolute Gasteiger partial charge is 0.352 e. The Morgan fingerprint density at radius 2 is 1.80 bits per heavy atom. The van der Waals surface area contributed by atoms with Crippen molar-refractivity contribution in [2.75, 3.05) is 0 Å². The lowest BCUT2D eigenvalue weighted by atomic mass is 9.94. The van der Waals surface area contributed by atoms with Crippen LogP contribution in [0.4, 0.5) is 0 Å². The van der Waals surface area contributed by atoms with Gasteiger partial charge in [0.15, 0.2) is 5.11 Å². The minimum atomic E-state index is 0.0257. The predicted molar refractivity (Wildman–Crippen MR) is 122 cm³/mol. The normalized spacial score (nSPS) is 22.3. The summed E-state index contributed by atoms with van der Waals surface area (Å²) in [6.45, 7) is 0.748. The van der Waals surface area contributed by atoms with Gasteiger partial charge in [0.1, 0.15) is 0 Å². The van der Waals surface area contributed by atoms with Crippen LogP contribution in [-0.2, 0) is 6.54 Å². The zero-order valence-corrected chi connectivity index (χ0v) is 17.8. The van der Waals surface area contributed by atoms with E-state index in [9.17, 15) is 0 Å². The first-order valence-electron chi connectivity index (χ1n) is 10.8. The summed E-state index contributed by atoms with van der Waals surface area (Å²) in [6.07, 6.45) is 14.3. The van der Waals surface area contributed by atoms with Crippen molar-refractivity contribution in [2.24, 2.45) is 0 Å². The molecule has 3 aromatic rings. The Bertz CT molecular complexity index is 981. The van der Waals surface area contributed by atoms with Crippen LogP contribution in [0.3, 0.4) is 0 Å². The second-order valence-electron chi connectivity index (χ2n) is 8.24. The molecule has 5 rings (SSSR count). The minimum absolute atomic E-state index is 0.0257. The van der Waals surface area contributed by atoms with Crippen molar-refractivity contribution in [3.8, 4) is 0 Å². The lowest BCUT2D eigenvalue weighted by Gasteiger charge is -2.32. The number of rotatable bonds is 5. The third kappa shape index (κ3) is 3.72. The average Bonchev–Trinajstić information content (AvgIpc) is 3.40. The summed E-state index contributed by atoms with van der Waals surface area (Å²) in [5.41, 5.74) is 3.55. The summed E-state index contributed by atoms with van der Waals surface area (Å²) >= 11 is 5.83. The Morgan fingerprint density at radius 1 is 0.967 bits per heavy atom. The van der Waals surface area contributed by atoms with Crippen LogP contribution < -0.4 is 5.32 Å². The van der Waals surface area contributed by atoms with Gasteiger partial charge in [-0.1, -0.05) is 25.3 Å². The van der Waals surface area contributed by atoms with Crippen molar-refractivity contribution >= 4 is 17.3 Å². The van der Waals surface area contributed by atoms with Crippen LogP contribution in [0.1, 0.15) is 67.2 Å². The van der Waals surface area contributed by atoms with Gasteiger partial charge in [-0.3, -0.25) is 9.97 Å². The molecule has 2 fully saturated rings. The van der Waals surface area contributed by atoms with E-state index in [-0.39, 0.29) is 12.1 Å². The summed E-state index contributed by atoms with van der Waals surface area (Å²) in [6, 6.07) is 15.4. The molecule has 154 valence electrons. The Morgan fingerprint density at radius 3 is 2.57 bits per heavy atom. The van der Waals surface area contributed by atoms with Crippen molar-refractivity contribution in [1.82, 2.24) is 24.8 Å². The van der Waals surface area contributed by atoms with Gasteiger partial charge in [-0.2, -0.15) is 0 Å². The fraction of sp³-hybridized carbons (Fsp3) is 0.375. The first kappa shape index (κ1) is 19.2. The van der Waals surface area contributed by atoms with Crippen molar-refractivity contribution in [2.45, 2.75) is 56.8 Å². The maximum Gasteiger partial charge on any atom is 0.170 e. The van der Waals surface area contributed by atoms with Gasteiger partial charge in [-0.25, -0.2) is 0 Å². The number of thiocarbonyl (C=S) groups is 1. The van der Waals surface area contributed by atoms with E-state index in [2.05, 4.69) is 67.3 Å². The van der Waals surface area contributed by atoms with Crippen LogP contribution >= 0.6 is 12.2 Å². The molecule has 1 aliphatic heterocycles. The van der Waals surface area contributed by atoms with Gasteiger partial charge in [-0.05, 0) is 67.0 Å². The fourth-order valence-corrected chi connectivity index (χ4v) is 5.24. The molecule has 0 radical (unpaired) electrons. The van der Waals surface area contributed by atoms with Gasteiger partial charge < -0.3 is 14.8 Å². The summed E-state index contributed by atoms with van der Waals surface area (Å²) in [7, 11) is 0. The van der Waals surface area contributed by atoms with Crippen LogP contribution in [0.15, 0.2) is 67.3 Å². The average molecular weight is 418 g/mol. The van der Waals surface area contributed by atoms with Crippen molar-refractivity contribution in [1.29, 1.82) is 0 Å². The molecule has 2 aliphatic rings. The Balaban J connectivity index is 1.54. The minimum Gasteiger partial charge on any atom is -0.352 e. The second kappa shape index (κ2) is 8.56. The molecule has 2 unspecified atom stereocenters. The van der Waals surface area contributed by atoms with Crippen LogP contribution in [-0.4, -0.2) is 24.5 Å². The second-order valence-corrected chi connectivity index (χ2v) is 8.63. The van der Waals surface area contributed by atoms with Gasteiger partial charge in [0, 0.05) is 43.1 Å². The van der Waals surface area contributed by atoms with E-state index in [1.165, 1.54) is 43.4 Å². The Labute approximate surface area is 183 Å². The highest BCUT2D eigenvalue weighted by Gasteiger charge is 2.41. The van der Waals surface area contributed by atoms with Crippen LogP contribution in [0.25, 0.3) is 0 Å². The van der Waals surface area contributed by atoms with E-state index in [4.69, 9.17) is 12.2 Å². The van der Waals surface area contributed by atoms with Crippen LogP contribution in [0.2, 0.25) is 0 Å². The number of pyridine rings is 2. The van der Waals surface area contributed by atoms with E-state index in [0.717, 1.165) is 17.4 Å². The molecule has 2 atom stereocenters. The van der Waals surface area contributed by atoms with Gasteiger partial charge in [0.25, 0.3) is 0 Å². The first-order chi connectivity index (χ1) is 14.8. The van der Waals surface area contributed by atoms with Gasteiger partial charge >= 0.3 is 0 Å². The maximum absolute atomic E-state index is 5.83. The fourth-order valence-electron chi connectivity index (χ4n) is 4.93. The quantitative estimate of drug-likeness (QED) is 0.595. The SMILES string of the molecule is S=C1NC(c2ccccn2)C(c2cccn2C2CCCCC2)N1Cc1ccncc1. The molecule has 6 heteroatoms. The third-order valence-electron chi connectivity index (χ3n) is 6.38. The molecule has 4 heterocycles. The smallest absolute Gasteiger partial charge is 0.170 e. The van der Waals surface area contributed by atoms with E-state index >= 15 is 0 Å². The standard InChI is InChI=1S/C24H27N5S/c30-24-27-22(20-9-4-5-13-26-20)23(29(24)17-18-11-14-25-15-12-18)21-10-6-16-28(21)19-7-2-1-3-8-19/h4-6,9-16,19,22-23H,1-3,7-8,17H2,(H,27,30). The molecule has 0 aromatic carbocycles. The molecular formula is C24H27N5S. The molecular weight excluding hydrogens is 390 g/mol.